The zero-order valence-corrected chi connectivity index (χ0v) is 17.7. The minimum absolute atomic E-state index is 0.583. The molecule has 0 atom stereocenters. The van der Waals surface area contributed by atoms with Crippen molar-refractivity contribution in [1.82, 2.24) is 15.0 Å². The summed E-state index contributed by atoms with van der Waals surface area (Å²) in [4.78, 5) is 15.6. The topological polar surface area (TPSA) is 72.4 Å². The molecule has 2 heterocycles. The Labute approximate surface area is 177 Å². The zero-order valence-electron chi connectivity index (χ0n) is 17.7. The molecule has 0 unspecified atom stereocenters. The Morgan fingerprint density at radius 1 is 1.03 bits per heavy atom. The van der Waals surface area contributed by atoms with Gasteiger partial charge < -0.3 is 19.7 Å². The first kappa shape index (κ1) is 19.9. The van der Waals surface area contributed by atoms with Gasteiger partial charge in [-0.3, -0.25) is 0 Å². The summed E-state index contributed by atoms with van der Waals surface area (Å²) in [6.07, 6.45) is 4.57. The number of hydrogen-bond donors (Lipinski definition) is 1. The van der Waals surface area contributed by atoms with Gasteiger partial charge in [0.1, 0.15) is 6.33 Å². The minimum Gasteiger partial charge on any atom is -0.493 e. The number of aromatic nitrogens is 3. The van der Waals surface area contributed by atoms with Crippen molar-refractivity contribution in [3.63, 3.8) is 0 Å². The number of ether oxygens (including phenoxy) is 2. The summed E-state index contributed by atoms with van der Waals surface area (Å²) in [5, 5.41) is 3.31. The third-order valence-corrected chi connectivity index (χ3v) is 5.30. The molecular formula is C23H27N5O2. The number of benzene rings is 2. The lowest BCUT2D eigenvalue weighted by atomic mass is 10.00. The van der Waals surface area contributed by atoms with Crippen LogP contribution in [0.25, 0.3) is 0 Å². The van der Waals surface area contributed by atoms with Gasteiger partial charge in [-0.25, -0.2) is 9.97 Å². The molecule has 0 fully saturated rings. The molecular weight excluding hydrogens is 378 g/mol. The first-order chi connectivity index (χ1) is 14.7. The largest absolute Gasteiger partial charge is 0.493 e. The van der Waals surface area contributed by atoms with Crippen molar-refractivity contribution in [2.75, 3.05) is 37.5 Å². The molecule has 0 radical (unpaired) electrons. The summed E-state index contributed by atoms with van der Waals surface area (Å²) < 4.78 is 10.7. The highest BCUT2D eigenvalue weighted by Crippen LogP contribution is 2.32. The van der Waals surface area contributed by atoms with Crippen LogP contribution in [0.4, 0.5) is 17.6 Å². The number of aryl methyl sites for hydroxylation is 2. The molecule has 7 nitrogen and oxygen atoms in total. The van der Waals surface area contributed by atoms with Crippen LogP contribution in [-0.2, 0) is 12.8 Å². The number of methoxy groups -OCH3 is 2. The number of hydrogen-bond acceptors (Lipinski definition) is 7. The maximum absolute atomic E-state index is 5.38. The maximum atomic E-state index is 5.38. The van der Waals surface area contributed by atoms with Gasteiger partial charge >= 0.3 is 0 Å². The van der Waals surface area contributed by atoms with Crippen molar-refractivity contribution in [1.29, 1.82) is 0 Å². The Balaban J connectivity index is 1.44. The third kappa shape index (κ3) is 4.30. The molecule has 1 aromatic heterocycles. The highest BCUT2D eigenvalue weighted by molar-refractivity contribution is 5.64. The van der Waals surface area contributed by atoms with E-state index in [4.69, 9.17) is 9.47 Å². The average Bonchev–Trinajstić information content (AvgIpc) is 2.78. The molecule has 1 aliphatic heterocycles. The van der Waals surface area contributed by atoms with E-state index in [0.717, 1.165) is 42.9 Å². The van der Waals surface area contributed by atoms with Gasteiger partial charge in [0, 0.05) is 18.8 Å². The van der Waals surface area contributed by atoms with Crippen LogP contribution < -0.4 is 19.7 Å². The summed E-state index contributed by atoms with van der Waals surface area (Å²) in [7, 11) is 3.28. The van der Waals surface area contributed by atoms with Gasteiger partial charge in [0.05, 0.1) is 14.2 Å². The number of nitrogens with one attached hydrogen (secondary N) is 1. The van der Waals surface area contributed by atoms with Gasteiger partial charge in [0.2, 0.25) is 11.9 Å². The smallest absolute Gasteiger partial charge is 0.234 e. The van der Waals surface area contributed by atoms with E-state index in [0.29, 0.717) is 18.4 Å². The van der Waals surface area contributed by atoms with Crippen LogP contribution in [0.5, 0.6) is 11.5 Å². The van der Waals surface area contributed by atoms with E-state index in [-0.39, 0.29) is 0 Å². The Morgan fingerprint density at radius 2 is 1.90 bits per heavy atom. The molecule has 1 N–H and O–H groups in total. The molecule has 30 heavy (non-hydrogen) atoms. The fourth-order valence-corrected chi connectivity index (χ4v) is 3.79. The monoisotopic (exact) mass is 405 g/mol. The van der Waals surface area contributed by atoms with E-state index in [1.165, 1.54) is 16.8 Å². The van der Waals surface area contributed by atoms with Gasteiger partial charge in [-0.2, -0.15) is 4.98 Å². The molecule has 0 spiro atoms. The molecule has 0 aliphatic carbocycles. The predicted octanol–water partition coefficient (Wildman–Crippen LogP) is 3.94. The van der Waals surface area contributed by atoms with Crippen molar-refractivity contribution < 1.29 is 9.47 Å². The number of rotatable bonds is 7. The van der Waals surface area contributed by atoms with Gasteiger partial charge in [-0.05, 0) is 55.5 Å². The second kappa shape index (κ2) is 8.98. The molecule has 3 aromatic rings. The predicted molar refractivity (Wildman–Crippen MR) is 118 cm³/mol. The molecule has 7 heteroatoms. The number of fused-ring (bicyclic) bond motifs is 1. The van der Waals surface area contributed by atoms with Crippen molar-refractivity contribution in [3.05, 3.63) is 59.4 Å². The fourth-order valence-electron chi connectivity index (χ4n) is 3.79. The summed E-state index contributed by atoms with van der Waals surface area (Å²) in [5.41, 5.74) is 4.97. The van der Waals surface area contributed by atoms with E-state index in [1.54, 1.807) is 20.5 Å². The van der Waals surface area contributed by atoms with Crippen molar-refractivity contribution in [2.24, 2.45) is 0 Å². The van der Waals surface area contributed by atoms with Crippen molar-refractivity contribution >= 4 is 17.6 Å². The summed E-state index contributed by atoms with van der Waals surface area (Å²) in [6.45, 7) is 3.74. The van der Waals surface area contributed by atoms with Crippen LogP contribution in [0.1, 0.15) is 23.1 Å². The Bertz CT molecular complexity index is 1020. The second-order valence-electron chi connectivity index (χ2n) is 7.36. The Kier molecular flexibility index (Phi) is 5.97. The van der Waals surface area contributed by atoms with E-state index in [2.05, 4.69) is 50.3 Å². The molecule has 1 aliphatic rings. The van der Waals surface area contributed by atoms with Gasteiger partial charge in [-0.1, -0.05) is 23.8 Å². The average molecular weight is 406 g/mol. The second-order valence-corrected chi connectivity index (χ2v) is 7.36. The number of anilines is 3. The molecule has 0 saturated heterocycles. The molecule has 4 rings (SSSR count). The zero-order chi connectivity index (χ0) is 20.9. The van der Waals surface area contributed by atoms with Crippen molar-refractivity contribution in [2.45, 2.75) is 26.2 Å². The standard InChI is InChI=1S/C23H27N5O2/c1-16-6-8-19-18(13-16)5-4-12-28(19)23-26-15-25-22(27-23)24-11-10-17-7-9-20(29-2)21(14-17)30-3/h6-9,13-15H,4-5,10-12H2,1-3H3,(H,24,25,26,27). The maximum Gasteiger partial charge on any atom is 0.234 e. The van der Waals surface area contributed by atoms with Crippen LogP contribution in [0.2, 0.25) is 0 Å². The lowest BCUT2D eigenvalue weighted by Crippen LogP contribution is -2.26. The summed E-state index contributed by atoms with van der Waals surface area (Å²) in [6, 6.07) is 12.5. The molecule has 0 saturated carbocycles. The van der Waals surface area contributed by atoms with Gasteiger partial charge in [-0.15, -0.1) is 0 Å². The Hall–Kier alpha value is -3.35. The fraction of sp³-hybridized carbons (Fsp3) is 0.348. The molecule has 2 aromatic carbocycles. The van der Waals surface area contributed by atoms with Crippen LogP contribution in [-0.4, -0.2) is 42.3 Å². The van der Waals surface area contributed by atoms with E-state index >= 15 is 0 Å². The summed E-state index contributed by atoms with van der Waals surface area (Å²) in [5.74, 6) is 2.73. The van der Waals surface area contributed by atoms with E-state index in [9.17, 15) is 0 Å². The summed E-state index contributed by atoms with van der Waals surface area (Å²) >= 11 is 0. The quantitative estimate of drug-likeness (QED) is 0.638. The third-order valence-electron chi connectivity index (χ3n) is 5.30. The number of nitrogens with zero attached hydrogens (tertiary/aromatic N) is 4. The van der Waals surface area contributed by atoms with Gasteiger partial charge in [0.25, 0.3) is 0 Å². The highest BCUT2D eigenvalue weighted by Gasteiger charge is 2.20. The van der Waals surface area contributed by atoms with E-state index in [1.807, 2.05) is 18.2 Å². The first-order valence-corrected chi connectivity index (χ1v) is 10.2. The molecule has 0 bridgehead atoms. The first-order valence-electron chi connectivity index (χ1n) is 10.2. The molecule has 156 valence electrons. The molecule has 0 amide bonds. The normalized spacial score (nSPS) is 13.0. The van der Waals surface area contributed by atoms with Crippen LogP contribution in [0.15, 0.2) is 42.7 Å². The SMILES string of the molecule is COc1ccc(CCNc2ncnc(N3CCCc4cc(C)ccc43)n2)cc1OC. The minimum atomic E-state index is 0.583. The Morgan fingerprint density at radius 3 is 2.73 bits per heavy atom. The van der Waals surface area contributed by atoms with E-state index < -0.39 is 0 Å². The van der Waals surface area contributed by atoms with Crippen LogP contribution in [0, 0.1) is 6.92 Å². The lowest BCUT2D eigenvalue weighted by Gasteiger charge is -2.29. The van der Waals surface area contributed by atoms with Crippen LogP contribution in [0.3, 0.4) is 0 Å². The van der Waals surface area contributed by atoms with Gasteiger partial charge in [0.15, 0.2) is 11.5 Å². The lowest BCUT2D eigenvalue weighted by molar-refractivity contribution is 0.354. The highest BCUT2D eigenvalue weighted by atomic mass is 16.5. The van der Waals surface area contributed by atoms with Crippen LogP contribution >= 0.6 is 0 Å². The van der Waals surface area contributed by atoms with Crippen molar-refractivity contribution in [3.8, 4) is 11.5 Å².